The number of nitrogens with one attached hydrogen (secondary N) is 1. The predicted molar refractivity (Wildman–Crippen MR) is 140 cm³/mol. The zero-order valence-electron chi connectivity index (χ0n) is 20.5. The molecule has 0 fully saturated rings. The molecule has 2 aromatic carbocycles. The van der Waals surface area contributed by atoms with Gasteiger partial charge in [-0.2, -0.15) is 0 Å². The molecule has 0 aliphatic heterocycles. The molecule has 0 bridgehead atoms. The third-order valence-corrected chi connectivity index (χ3v) is 5.75. The SMILES string of the molecule is COCO[C@@H](COCc1ccc(OC)cc1)[C@@H](O)[C@H](O)[C@@H](COCc1ccccc1)NC(=O)C(Cl)(Cl)Cl. The Morgan fingerprint density at radius 2 is 1.49 bits per heavy atom. The highest BCUT2D eigenvalue weighted by molar-refractivity contribution is 6.76. The number of methoxy groups -OCH3 is 2. The van der Waals surface area contributed by atoms with E-state index < -0.39 is 34.1 Å². The van der Waals surface area contributed by atoms with Gasteiger partial charge in [0.1, 0.15) is 30.9 Å². The van der Waals surface area contributed by atoms with Crippen LogP contribution in [0.4, 0.5) is 0 Å². The predicted octanol–water partition coefficient (Wildman–Crippen LogP) is 2.99. The van der Waals surface area contributed by atoms with E-state index in [0.29, 0.717) is 5.75 Å². The Morgan fingerprint density at radius 3 is 2.05 bits per heavy atom. The second-order valence-electron chi connectivity index (χ2n) is 8.03. The molecule has 12 heteroatoms. The van der Waals surface area contributed by atoms with E-state index >= 15 is 0 Å². The Morgan fingerprint density at radius 1 is 0.892 bits per heavy atom. The van der Waals surface area contributed by atoms with Crippen molar-refractivity contribution < 1.29 is 38.7 Å². The number of carbonyl (C=O) groups is 1. The maximum Gasteiger partial charge on any atom is 0.272 e. The fourth-order valence-electron chi connectivity index (χ4n) is 3.23. The summed E-state index contributed by atoms with van der Waals surface area (Å²) in [6, 6.07) is 15.4. The van der Waals surface area contributed by atoms with Gasteiger partial charge in [0, 0.05) is 7.11 Å². The third kappa shape index (κ3) is 11.3. The number of hydrogen-bond donors (Lipinski definition) is 3. The van der Waals surface area contributed by atoms with Crippen LogP contribution in [0, 0.1) is 0 Å². The van der Waals surface area contributed by atoms with Crippen LogP contribution < -0.4 is 10.1 Å². The van der Waals surface area contributed by atoms with Gasteiger partial charge in [0.15, 0.2) is 0 Å². The summed E-state index contributed by atoms with van der Waals surface area (Å²) in [5.74, 6) is -0.275. The zero-order valence-corrected chi connectivity index (χ0v) is 22.8. The van der Waals surface area contributed by atoms with Crippen LogP contribution in [0.1, 0.15) is 11.1 Å². The number of carbonyl (C=O) groups excluding carboxylic acids is 1. The van der Waals surface area contributed by atoms with E-state index in [4.69, 9.17) is 58.5 Å². The average molecular weight is 581 g/mol. The Kier molecular flexibility index (Phi) is 13.9. The van der Waals surface area contributed by atoms with Gasteiger partial charge in [-0.05, 0) is 23.3 Å². The van der Waals surface area contributed by atoms with Crippen LogP contribution in [0.25, 0.3) is 0 Å². The van der Waals surface area contributed by atoms with Crippen molar-refractivity contribution in [2.45, 2.75) is 41.4 Å². The number of ether oxygens (including phenoxy) is 5. The van der Waals surface area contributed by atoms with Crippen molar-refractivity contribution in [3.05, 3.63) is 65.7 Å². The first kappa shape index (κ1) is 31.6. The van der Waals surface area contributed by atoms with Gasteiger partial charge in [-0.15, -0.1) is 0 Å². The molecule has 206 valence electrons. The van der Waals surface area contributed by atoms with Crippen LogP contribution in [0.3, 0.4) is 0 Å². The van der Waals surface area contributed by atoms with Crippen LogP contribution in [-0.4, -0.2) is 78.5 Å². The normalized spacial score (nSPS) is 15.0. The van der Waals surface area contributed by atoms with Gasteiger partial charge in [0.05, 0.1) is 39.6 Å². The highest BCUT2D eigenvalue weighted by Gasteiger charge is 2.38. The molecule has 0 aromatic heterocycles. The Labute approximate surface area is 231 Å². The summed E-state index contributed by atoms with van der Waals surface area (Å²) in [5.41, 5.74) is 1.74. The lowest BCUT2D eigenvalue weighted by Gasteiger charge is -2.32. The molecular formula is C25H32Cl3NO8. The van der Waals surface area contributed by atoms with Crippen LogP contribution >= 0.6 is 34.8 Å². The van der Waals surface area contributed by atoms with Crippen LogP contribution in [-0.2, 0) is 37.0 Å². The summed E-state index contributed by atoms with van der Waals surface area (Å²) >= 11 is 17.1. The second kappa shape index (κ2) is 16.3. The van der Waals surface area contributed by atoms with Crippen molar-refractivity contribution >= 4 is 40.7 Å². The maximum absolute atomic E-state index is 12.3. The molecule has 9 nitrogen and oxygen atoms in total. The topological polar surface area (TPSA) is 116 Å². The smallest absolute Gasteiger partial charge is 0.272 e. The second-order valence-corrected chi connectivity index (χ2v) is 10.3. The van der Waals surface area contributed by atoms with Gasteiger partial charge in [0.25, 0.3) is 9.70 Å². The minimum atomic E-state index is -2.28. The number of rotatable bonds is 16. The average Bonchev–Trinajstić information content (AvgIpc) is 2.89. The molecule has 0 radical (unpaired) electrons. The molecule has 4 atom stereocenters. The number of aliphatic hydroxyl groups excluding tert-OH is 2. The zero-order chi connectivity index (χ0) is 27.3. The molecular weight excluding hydrogens is 549 g/mol. The van der Waals surface area contributed by atoms with Crippen LogP contribution in [0.5, 0.6) is 5.75 Å². The van der Waals surface area contributed by atoms with Crippen LogP contribution in [0.2, 0.25) is 0 Å². The highest BCUT2D eigenvalue weighted by atomic mass is 35.6. The summed E-state index contributed by atoms with van der Waals surface area (Å²) in [6.07, 6.45) is -4.11. The van der Waals surface area contributed by atoms with E-state index in [1.54, 1.807) is 19.2 Å². The van der Waals surface area contributed by atoms with Crippen molar-refractivity contribution in [2.24, 2.45) is 0 Å². The lowest BCUT2D eigenvalue weighted by molar-refractivity contribution is -0.166. The van der Waals surface area contributed by atoms with Crippen molar-refractivity contribution in [1.29, 1.82) is 0 Å². The maximum atomic E-state index is 12.3. The van der Waals surface area contributed by atoms with Crippen molar-refractivity contribution in [2.75, 3.05) is 34.2 Å². The molecule has 0 unspecified atom stereocenters. The van der Waals surface area contributed by atoms with E-state index in [2.05, 4.69) is 5.32 Å². The van der Waals surface area contributed by atoms with E-state index in [1.807, 2.05) is 42.5 Å². The Bertz CT molecular complexity index is 914. The fourth-order valence-corrected chi connectivity index (χ4v) is 3.39. The van der Waals surface area contributed by atoms with Gasteiger partial charge >= 0.3 is 0 Å². The summed E-state index contributed by atoms with van der Waals surface area (Å²) in [6.45, 7) is -0.0470. The third-order valence-electron chi connectivity index (χ3n) is 5.24. The molecule has 0 saturated carbocycles. The molecule has 1 amide bonds. The lowest BCUT2D eigenvalue weighted by atomic mass is 10.0. The number of halogens is 3. The quantitative estimate of drug-likeness (QED) is 0.205. The number of alkyl halides is 3. The van der Waals surface area contributed by atoms with Gasteiger partial charge in [-0.25, -0.2) is 0 Å². The highest BCUT2D eigenvalue weighted by Crippen LogP contribution is 2.26. The van der Waals surface area contributed by atoms with E-state index in [1.165, 1.54) is 7.11 Å². The minimum absolute atomic E-state index is 0.0936. The molecule has 2 aromatic rings. The summed E-state index contributed by atoms with van der Waals surface area (Å²) in [5, 5.41) is 24.3. The molecule has 0 aliphatic rings. The van der Waals surface area contributed by atoms with Gasteiger partial charge in [-0.1, -0.05) is 77.3 Å². The van der Waals surface area contributed by atoms with E-state index in [-0.39, 0.29) is 33.2 Å². The molecule has 2 rings (SSSR count). The summed E-state index contributed by atoms with van der Waals surface area (Å²) in [7, 11) is 2.99. The van der Waals surface area contributed by atoms with Crippen molar-refractivity contribution in [1.82, 2.24) is 5.32 Å². The first-order chi connectivity index (χ1) is 17.7. The van der Waals surface area contributed by atoms with Crippen molar-refractivity contribution in [3.63, 3.8) is 0 Å². The van der Waals surface area contributed by atoms with Gasteiger partial charge in [-0.3, -0.25) is 4.79 Å². The van der Waals surface area contributed by atoms with Gasteiger partial charge in [0.2, 0.25) is 0 Å². The summed E-state index contributed by atoms with van der Waals surface area (Å²) < 4.78 is 24.7. The summed E-state index contributed by atoms with van der Waals surface area (Å²) in [4.78, 5) is 12.3. The number of amides is 1. The van der Waals surface area contributed by atoms with E-state index in [0.717, 1.165) is 11.1 Å². The first-order valence-corrected chi connectivity index (χ1v) is 12.5. The largest absolute Gasteiger partial charge is 0.497 e. The number of hydrogen-bond acceptors (Lipinski definition) is 8. The fraction of sp³-hybridized carbons (Fsp3) is 0.480. The van der Waals surface area contributed by atoms with E-state index in [9.17, 15) is 15.0 Å². The standard InChI is InChI=1S/C25H32Cl3NO8/c1-33-16-37-21(15-36-13-18-8-10-19(34-2)11-9-18)23(31)22(30)20(29-24(32)25(26,27)28)14-35-12-17-6-4-3-5-7-17/h3-11,20-23,30-31H,12-16H2,1-2H3,(H,29,32)/t20-,21+,22-,23-/m1/s1. The lowest BCUT2D eigenvalue weighted by Crippen LogP contribution is -2.56. The van der Waals surface area contributed by atoms with Crippen molar-refractivity contribution in [3.8, 4) is 5.75 Å². The van der Waals surface area contributed by atoms with Crippen LogP contribution in [0.15, 0.2) is 54.6 Å². The molecule has 0 saturated heterocycles. The first-order valence-electron chi connectivity index (χ1n) is 11.3. The number of benzene rings is 2. The monoisotopic (exact) mass is 579 g/mol. The molecule has 0 heterocycles. The molecule has 3 N–H and O–H groups in total. The minimum Gasteiger partial charge on any atom is -0.497 e. The van der Waals surface area contributed by atoms with Gasteiger partial charge < -0.3 is 39.2 Å². The molecule has 37 heavy (non-hydrogen) atoms. The Hall–Kier alpha value is -1.66. The number of aliphatic hydroxyl groups is 2. The Balaban J connectivity index is 2.05. The molecule has 0 aliphatic carbocycles. The molecule has 0 spiro atoms.